The minimum absolute atomic E-state index is 0.0680. The Morgan fingerprint density at radius 1 is 1.09 bits per heavy atom. The van der Waals surface area contributed by atoms with Crippen molar-refractivity contribution in [1.29, 1.82) is 0 Å². The molecule has 0 spiro atoms. The molecule has 0 bridgehead atoms. The Hall–Kier alpha value is -3.39. The van der Waals surface area contributed by atoms with Gasteiger partial charge in [-0.05, 0) is 56.1 Å². The molecule has 1 N–H and O–H groups in total. The smallest absolute Gasteiger partial charge is 0.261 e. The van der Waals surface area contributed by atoms with Crippen LogP contribution < -0.4 is 20.3 Å². The highest BCUT2D eigenvalue weighted by molar-refractivity contribution is 5.90. The maximum Gasteiger partial charge on any atom is 0.261 e. The SMILES string of the molecule is COc1cc2ncn(CCCC(=O)Nc3cccc(CN4CCCC4)c3)c(=O)c2cc1OC. The number of benzene rings is 2. The number of ether oxygens (including phenoxy) is 2. The van der Waals surface area contributed by atoms with Gasteiger partial charge in [0, 0.05) is 31.3 Å². The van der Waals surface area contributed by atoms with Crippen LogP contribution in [0.4, 0.5) is 5.69 Å². The van der Waals surface area contributed by atoms with Gasteiger partial charge in [-0.3, -0.25) is 19.1 Å². The molecule has 0 aliphatic carbocycles. The highest BCUT2D eigenvalue weighted by Crippen LogP contribution is 2.29. The lowest BCUT2D eigenvalue weighted by Gasteiger charge is -2.15. The van der Waals surface area contributed by atoms with E-state index in [1.165, 1.54) is 36.4 Å². The third kappa shape index (κ3) is 5.51. The number of aromatic nitrogens is 2. The Kier molecular flexibility index (Phi) is 7.24. The molecule has 8 nitrogen and oxygen atoms in total. The van der Waals surface area contributed by atoms with Crippen molar-refractivity contribution in [2.75, 3.05) is 32.6 Å². The molecular weight excluding hydrogens is 420 g/mol. The lowest BCUT2D eigenvalue weighted by Crippen LogP contribution is -2.22. The van der Waals surface area contributed by atoms with Gasteiger partial charge in [0.2, 0.25) is 5.91 Å². The summed E-state index contributed by atoms with van der Waals surface area (Å²) in [4.78, 5) is 32.1. The van der Waals surface area contributed by atoms with Crippen LogP contribution in [0.3, 0.4) is 0 Å². The summed E-state index contributed by atoms with van der Waals surface area (Å²) in [5.41, 5.74) is 2.38. The maximum absolute atomic E-state index is 12.9. The highest BCUT2D eigenvalue weighted by Gasteiger charge is 2.13. The largest absolute Gasteiger partial charge is 0.493 e. The lowest BCUT2D eigenvalue weighted by molar-refractivity contribution is -0.116. The molecule has 2 aromatic carbocycles. The number of carbonyl (C=O) groups is 1. The van der Waals surface area contributed by atoms with E-state index in [1.54, 1.807) is 19.2 Å². The number of hydrogen-bond acceptors (Lipinski definition) is 6. The van der Waals surface area contributed by atoms with Crippen molar-refractivity contribution >= 4 is 22.5 Å². The van der Waals surface area contributed by atoms with Crippen molar-refractivity contribution in [2.45, 2.75) is 38.8 Å². The molecule has 2 heterocycles. The summed E-state index contributed by atoms with van der Waals surface area (Å²) >= 11 is 0. The zero-order valence-corrected chi connectivity index (χ0v) is 19.2. The van der Waals surface area contributed by atoms with E-state index >= 15 is 0 Å². The molecule has 8 heteroatoms. The number of rotatable bonds is 9. The van der Waals surface area contributed by atoms with Gasteiger partial charge in [0.15, 0.2) is 11.5 Å². The Balaban J connectivity index is 1.35. The van der Waals surface area contributed by atoms with Gasteiger partial charge in [0.05, 0.1) is 31.4 Å². The fraction of sp³-hybridized carbons (Fsp3) is 0.400. The fourth-order valence-electron chi connectivity index (χ4n) is 4.22. The van der Waals surface area contributed by atoms with Gasteiger partial charge in [-0.25, -0.2) is 4.98 Å². The van der Waals surface area contributed by atoms with Crippen LogP contribution in [0.5, 0.6) is 11.5 Å². The van der Waals surface area contributed by atoms with Gasteiger partial charge in [-0.15, -0.1) is 0 Å². The topological polar surface area (TPSA) is 85.7 Å². The first kappa shape index (κ1) is 22.8. The summed E-state index contributed by atoms with van der Waals surface area (Å²) in [5.74, 6) is 0.935. The van der Waals surface area contributed by atoms with Gasteiger partial charge in [0.1, 0.15) is 0 Å². The molecule has 1 saturated heterocycles. The molecular formula is C25H30N4O4. The molecule has 0 atom stereocenters. The van der Waals surface area contributed by atoms with Crippen LogP contribution in [0.2, 0.25) is 0 Å². The Morgan fingerprint density at radius 2 is 1.85 bits per heavy atom. The van der Waals surface area contributed by atoms with Gasteiger partial charge < -0.3 is 14.8 Å². The summed E-state index contributed by atoms with van der Waals surface area (Å²) in [6.07, 6.45) is 4.87. The Morgan fingerprint density at radius 3 is 2.61 bits per heavy atom. The van der Waals surface area contributed by atoms with Crippen LogP contribution >= 0.6 is 0 Å². The third-order valence-electron chi connectivity index (χ3n) is 5.95. The summed E-state index contributed by atoms with van der Waals surface area (Å²) in [5, 5.41) is 3.43. The number of amides is 1. The molecule has 1 fully saturated rings. The number of aryl methyl sites for hydroxylation is 1. The molecule has 0 saturated carbocycles. The van der Waals surface area contributed by atoms with E-state index in [0.717, 1.165) is 25.3 Å². The number of hydrogen-bond donors (Lipinski definition) is 1. The summed E-state index contributed by atoms with van der Waals surface area (Å²) in [6.45, 7) is 3.59. The van der Waals surface area contributed by atoms with Gasteiger partial charge in [-0.1, -0.05) is 12.1 Å². The highest BCUT2D eigenvalue weighted by atomic mass is 16.5. The first-order chi connectivity index (χ1) is 16.1. The average molecular weight is 451 g/mol. The summed E-state index contributed by atoms with van der Waals surface area (Å²) < 4.78 is 12.1. The van der Waals surface area contributed by atoms with E-state index in [-0.39, 0.29) is 11.5 Å². The second-order valence-corrected chi connectivity index (χ2v) is 8.30. The predicted molar refractivity (Wildman–Crippen MR) is 128 cm³/mol. The molecule has 33 heavy (non-hydrogen) atoms. The lowest BCUT2D eigenvalue weighted by atomic mass is 10.2. The number of anilines is 1. The molecule has 1 amide bonds. The van der Waals surface area contributed by atoms with Gasteiger partial charge in [-0.2, -0.15) is 0 Å². The van der Waals surface area contributed by atoms with E-state index in [9.17, 15) is 9.59 Å². The van der Waals surface area contributed by atoms with Crippen molar-refractivity contribution in [1.82, 2.24) is 14.5 Å². The molecule has 1 aliphatic rings. The minimum Gasteiger partial charge on any atom is -0.493 e. The molecule has 174 valence electrons. The summed E-state index contributed by atoms with van der Waals surface area (Å²) in [7, 11) is 3.07. The van der Waals surface area contributed by atoms with Crippen molar-refractivity contribution < 1.29 is 14.3 Å². The number of carbonyl (C=O) groups excluding carboxylic acids is 1. The van der Waals surface area contributed by atoms with Crippen LogP contribution in [-0.4, -0.2) is 47.7 Å². The Labute approximate surface area is 193 Å². The van der Waals surface area contributed by atoms with E-state index in [1.807, 2.05) is 18.2 Å². The van der Waals surface area contributed by atoms with Crippen LogP contribution in [-0.2, 0) is 17.9 Å². The number of nitrogens with one attached hydrogen (secondary N) is 1. The quantitative estimate of drug-likeness (QED) is 0.538. The monoisotopic (exact) mass is 450 g/mol. The van der Waals surface area contributed by atoms with E-state index in [0.29, 0.717) is 41.8 Å². The number of nitrogens with zero attached hydrogens (tertiary/aromatic N) is 3. The molecule has 0 unspecified atom stereocenters. The van der Waals surface area contributed by atoms with Crippen LogP contribution in [0, 0.1) is 0 Å². The molecule has 1 aliphatic heterocycles. The van der Waals surface area contributed by atoms with Crippen molar-refractivity contribution in [3.8, 4) is 11.5 Å². The van der Waals surface area contributed by atoms with E-state index in [4.69, 9.17) is 9.47 Å². The standard InChI is InChI=1S/C25H30N4O4/c1-32-22-14-20-21(15-23(22)33-2)26-17-29(25(20)31)12-6-9-24(30)27-19-8-5-7-18(13-19)16-28-10-3-4-11-28/h5,7-8,13-15,17H,3-4,6,9-12,16H2,1-2H3,(H,27,30). The number of likely N-dealkylation sites (tertiary alicyclic amines) is 1. The first-order valence-electron chi connectivity index (χ1n) is 11.3. The zero-order chi connectivity index (χ0) is 23.2. The second kappa shape index (κ2) is 10.5. The first-order valence-corrected chi connectivity index (χ1v) is 11.3. The van der Waals surface area contributed by atoms with Crippen molar-refractivity contribution in [2.24, 2.45) is 0 Å². The van der Waals surface area contributed by atoms with Crippen LogP contribution in [0.15, 0.2) is 47.5 Å². The third-order valence-corrected chi connectivity index (χ3v) is 5.95. The van der Waals surface area contributed by atoms with E-state index < -0.39 is 0 Å². The van der Waals surface area contributed by atoms with E-state index in [2.05, 4.69) is 21.3 Å². The predicted octanol–water partition coefficient (Wildman–Crippen LogP) is 3.43. The molecule has 4 rings (SSSR count). The number of methoxy groups -OCH3 is 2. The molecule has 0 radical (unpaired) electrons. The average Bonchev–Trinajstić information content (AvgIpc) is 3.33. The zero-order valence-electron chi connectivity index (χ0n) is 19.2. The van der Waals surface area contributed by atoms with Gasteiger partial charge >= 0.3 is 0 Å². The van der Waals surface area contributed by atoms with Crippen LogP contribution in [0.25, 0.3) is 10.9 Å². The number of fused-ring (bicyclic) bond motifs is 1. The fourth-order valence-corrected chi connectivity index (χ4v) is 4.22. The van der Waals surface area contributed by atoms with Gasteiger partial charge in [0.25, 0.3) is 5.56 Å². The normalized spacial score (nSPS) is 13.9. The maximum atomic E-state index is 12.9. The molecule has 1 aromatic heterocycles. The van der Waals surface area contributed by atoms with Crippen molar-refractivity contribution in [3.05, 3.63) is 58.6 Å². The molecule has 3 aromatic rings. The van der Waals surface area contributed by atoms with Crippen LogP contribution in [0.1, 0.15) is 31.2 Å². The summed E-state index contributed by atoms with van der Waals surface area (Å²) in [6, 6.07) is 11.3. The Bertz CT molecular complexity index is 1180. The minimum atomic E-state index is -0.170. The van der Waals surface area contributed by atoms with Crippen molar-refractivity contribution in [3.63, 3.8) is 0 Å². The second-order valence-electron chi connectivity index (χ2n) is 8.30.